The summed E-state index contributed by atoms with van der Waals surface area (Å²) in [6.07, 6.45) is 0.557. The summed E-state index contributed by atoms with van der Waals surface area (Å²) in [5.41, 5.74) is 2.01. The van der Waals surface area contributed by atoms with Gasteiger partial charge in [-0.1, -0.05) is 34.1 Å². The van der Waals surface area contributed by atoms with E-state index in [2.05, 4.69) is 25.9 Å². The van der Waals surface area contributed by atoms with Crippen LogP contribution in [0.25, 0.3) is 11.0 Å². The Balaban J connectivity index is 1.56. The zero-order valence-electron chi connectivity index (χ0n) is 17.5. The summed E-state index contributed by atoms with van der Waals surface area (Å²) in [4.78, 5) is 21.2. The van der Waals surface area contributed by atoms with E-state index >= 15 is 0 Å². The molecule has 1 aromatic heterocycles. The van der Waals surface area contributed by atoms with Crippen molar-refractivity contribution in [3.8, 4) is 23.1 Å². The van der Waals surface area contributed by atoms with Gasteiger partial charge in [0.2, 0.25) is 5.88 Å². The third kappa shape index (κ3) is 5.62. The molecular weight excluding hydrogens is 472 g/mol. The highest BCUT2D eigenvalue weighted by Crippen LogP contribution is 2.29. The number of fused-ring (bicyclic) bond motifs is 1. The number of para-hydroxylation sites is 1. The quantitative estimate of drug-likeness (QED) is 0.262. The predicted octanol–water partition coefficient (Wildman–Crippen LogP) is 6.47. The number of halogens is 1. The SMILES string of the molecule is CCOC(=O)CCc1nc2cc(Br)ccc2nc1Oc1ccc(Oc2ccccc2)cc1. The smallest absolute Gasteiger partial charge is 0.306 e. The number of nitrogens with zero attached hydrogens (tertiary/aromatic N) is 2. The Morgan fingerprint density at radius 3 is 2.25 bits per heavy atom. The molecule has 0 unspecified atom stereocenters. The molecule has 0 aliphatic rings. The van der Waals surface area contributed by atoms with Crippen LogP contribution in [0, 0.1) is 0 Å². The number of hydrogen-bond donors (Lipinski definition) is 0. The van der Waals surface area contributed by atoms with E-state index in [0.717, 1.165) is 15.7 Å². The number of carbonyl (C=O) groups excluding carboxylic acids is 1. The molecule has 0 spiro atoms. The lowest BCUT2D eigenvalue weighted by Gasteiger charge is -2.12. The van der Waals surface area contributed by atoms with Crippen molar-refractivity contribution in [3.05, 3.63) is 83.0 Å². The molecule has 32 heavy (non-hydrogen) atoms. The van der Waals surface area contributed by atoms with Crippen molar-refractivity contribution in [3.63, 3.8) is 0 Å². The number of hydrogen-bond acceptors (Lipinski definition) is 6. The summed E-state index contributed by atoms with van der Waals surface area (Å²) in [6.45, 7) is 2.13. The molecule has 0 N–H and O–H groups in total. The van der Waals surface area contributed by atoms with Crippen LogP contribution in [0.15, 0.2) is 77.3 Å². The van der Waals surface area contributed by atoms with E-state index in [4.69, 9.17) is 14.2 Å². The second kappa shape index (κ2) is 10.2. The van der Waals surface area contributed by atoms with Crippen molar-refractivity contribution in [1.82, 2.24) is 9.97 Å². The molecule has 0 fully saturated rings. The Morgan fingerprint density at radius 2 is 1.53 bits per heavy atom. The van der Waals surface area contributed by atoms with Crippen LogP contribution in [0.2, 0.25) is 0 Å². The zero-order chi connectivity index (χ0) is 22.3. The summed E-state index contributed by atoms with van der Waals surface area (Å²) in [5.74, 6) is 2.13. The largest absolute Gasteiger partial charge is 0.466 e. The zero-order valence-corrected chi connectivity index (χ0v) is 19.0. The van der Waals surface area contributed by atoms with Gasteiger partial charge in [0.25, 0.3) is 0 Å². The summed E-state index contributed by atoms with van der Waals surface area (Å²) in [5, 5.41) is 0. The van der Waals surface area contributed by atoms with Gasteiger partial charge in [0, 0.05) is 10.9 Å². The molecular formula is C25H21BrN2O4. The lowest BCUT2D eigenvalue weighted by atomic mass is 10.2. The molecule has 0 atom stereocenters. The van der Waals surface area contributed by atoms with Crippen molar-refractivity contribution >= 4 is 32.9 Å². The lowest BCUT2D eigenvalue weighted by Crippen LogP contribution is -2.07. The van der Waals surface area contributed by atoms with Gasteiger partial charge in [0.1, 0.15) is 22.9 Å². The molecule has 0 bridgehead atoms. The minimum Gasteiger partial charge on any atom is -0.466 e. The normalized spacial score (nSPS) is 10.7. The maximum atomic E-state index is 11.9. The van der Waals surface area contributed by atoms with Crippen LogP contribution in [0.3, 0.4) is 0 Å². The molecule has 7 heteroatoms. The summed E-state index contributed by atoms with van der Waals surface area (Å²) < 4.78 is 17.8. The van der Waals surface area contributed by atoms with Gasteiger partial charge in [-0.25, -0.2) is 9.97 Å². The molecule has 0 saturated heterocycles. The number of esters is 1. The van der Waals surface area contributed by atoms with E-state index in [0.29, 0.717) is 41.6 Å². The second-order valence-corrected chi connectivity index (χ2v) is 7.82. The highest BCUT2D eigenvalue weighted by molar-refractivity contribution is 9.10. The van der Waals surface area contributed by atoms with Gasteiger partial charge < -0.3 is 14.2 Å². The minimum absolute atomic E-state index is 0.197. The molecule has 6 nitrogen and oxygen atoms in total. The van der Waals surface area contributed by atoms with Crippen LogP contribution in [-0.2, 0) is 16.0 Å². The topological polar surface area (TPSA) is 70.5 Å². The Bertz CT molecular complexity index is 1210. The van der Waals surface area contributed by atoms with Crippen LogP contribution >= 0.6 is 15.9 Å². The molecule has 4 rings (SSSR count). The van der Waals surface area contributed by atoms with Gasteiger partial charge in [-0.05, 0) is 61.5 Å². The Kier molecular flexibility index (Phi) is 6.97. The molecule has 1 heterocycles. The lowest BCUT2D eigenvalue weighted by molar-refractivity contribution is -0.143. The van der Waals surface area contributed by atoms with E-state index in [9.17, 15) is 4.79 Å². The number of rotatable bonds is 8. The summed E-state index contributed by atoms with van der Waals surface area (Å²) >= 11 is 3.46. The molecule has 4 aromatic rings. The van der Waals surface area contributed by atoms with Crippen LogP contribution in [-0.4, -0.2) is 22.5 Å². The molecule has 0 amide bonds. The van der Waals surface area contributed by atoms with Gasteiger partial charge in [-0.2, -0.15) is 0 Å². The summed E-state index contributed by atoms with van der Waals surface area (Å²) in [7, 11) is 0. The first-order chi connectivity index (χ1) is 15.6. The number of aromatic nitrogens is 2. The maximum absolute atomic E-state index is 11.9. The van der Waals surface area contributed by atoms with Crippen LogP contribution < -0.4 is 9.47 Å². The third-order valence-electron chi connectivity index (χ3n) is 4.55. The van der Waals surface area contributed by atoms with Gasteiger partial charge in [0.05, 0.1) is 24.1 Å². The average Bonchev–Trinajstić information content (AvgIpc) is 2.80. The first-order valence-corrected chi connectivity index (χ1v) is 11.0. The number of benzene rings is 3. The van der Waals surface area contributed by atoms with Gasteiger partial charge in [0.15, 0.2) is 0 Å². The summed E-state index contributed by atoms with van der Waals surface area (Å²) in [6, 6.07) is 22.5. The fourth-order valence-corrected chi connectivity index (χ4v) is 3.41. The number of ether oxygens (including phenoxy) is 3. The fraction of sp³-hybridized carbons (Fsp3) is 0.160. The van der Waals surface area contributed by atoms with E-state index in [1.54, 1.807) is 19.1 Å². The monoisotopic (exact) mass is 492 g/mol. The van der Waals surface area contributed by atoms with Crippen LogP contribution in [0.1, 0.15) is 19.0 Å². The van der Waals surface area contributed by atoms with E-state index in [-0.39, 0.29) is 12.4 Å². The van der Waals surface area contributed by atoms with Gasteiger partial charge in [-0.3, -0.25) is 4.79 Å². The Morgan fingerprint density at radius 1 is 0.844 bits per heavy atom. The molecule has 3 aromatic carbocycles. The van der Waals surface area contributed by atoms with E-state index in [1.165, 1.54) is 0 Å². The maximum Gasteiger partial charge on any atom is 0.306 e. The second-order valence-electron chi connectivity index (χ2n) is 6.90. The van der Waals surface area contributed by atoms with Crippen LogP contribution in [0.5, 0.6) is 23.1 Å². The molecule has 162 valence electrons. The van der Waals surface area contributed by atoms with Crippen molar-refractivity contribution < 1.29 is 19.0 Å². The first-order valence-electron chi connectivity index (χ1n) is 10.2. The Labute approximate surface area is 194 Å². The van der Waals surface area contributed by atoms with Gasteiger partial charge >= 0.3 is 5.97 Å². The molecule has 0 radical (unpaired) electrons. The highest BCUT2D eigenvalue weighted by Gasteiger charge is 2.14. The van der Waals surface area contributed by atoms with Crippen molar-refractivity contribution in [2.24, 2.45) is 0 Å². The third-order valence-corrected chi connectivity index (χ3v) is 5.04. The van der Waals surface area contributed by atoms with Crippen molar-refractivity contribution in [2.75, 3.05) is 6.61 Å². The highest BCUT2D eigenvalue weighted by atomic mass is 79.9. The van der Waals surface area contributed by atoms with Gasteiger partial charge in [-0.15, -0.1) is 0 Å². The molecule has 0 saturated carbocycles. The minimum atomic E-state index is -0.281. The predicted molar refractivity (Wildman–Crippen MR) is 125 cm³/mol. The van der Waals surface area contributed by atoms with E-state index in [1.807, 2.05) is 60.7 Å². The first kappa shape index (κ1) is 21.8. The van der Waals surface area contributed by atoms with Crippen molar-refractivity contribution in [2.45, 2.75) is 19.8 Å². The van der Waals surface area contributed by atoms with Crippen molar-refractivity contribution in [1.29, 1.82) is 0 Å². The van der Waals surface area contributed by atoms with E-state index < -0.39 is 0 Å². The average molecular weight is 493 g/mol. The number of carbonyl (C=O) groups is 1. The molecule has 0 aliphatic heterocycles. The standard InChI is InChI=1S/C25H21BrN2O4/c1-2-30-24(29)15-14-22-25(28-21-13-8-17(26)16-23(21)27-22)32-20-11-9-19(10-12-20)31-18-6-4-3-5-7-18/h3-13,16H,2,14-15H2,1H3. The van der Waals surface area contributed by atoms with Crippen LogP contribution in [0.4, 0.5) is 0 Å². The Hall–Kier alpha value is -3.45. The fourth-order valence-electron chi connectivity index (χ4n) is 3.06. The molecule has 0 aliphatic carbocycles. The number of aryl methyl sites for hydroxylation is 1.